The molecule has 0 aliphatic carbocycles. The Balaban J connectivity index is 1.76. The SMILES string of the molecule is CCOC(=O)c1sc(NC(=O)C2CCCN2S(=O)(=O)c2cccs2)cc1C. The van der Waals surface area contributed by atoms with Crippen molar-refractivity contribution in [2.24, 2.45) is 0 Å². The minimum atomic E-state index is -3.69. The third kappa shape index (κ3) is 4.08. The van der Waals surface area contributed by atoms with E-state index >= 15 is 0 Å². The van der Waals surface area contributed by atoms with E-state index in [-0.39, 0.29) is 16.7 Å². The second kappa shape index (κ2) is 8.09. The average molecular weight is 429 g/mol. The normalized spacial score (nSPS) is 17.8. The smallest absolute Gasteiger partial charge is 0.348 e. The molecule has 1 unspecified atom stereocenters. The molecule has 3 heterocycles. The van der Waals surface area contributed by atoms with Gasteiger partial charge >= 0.3 is 5.97 Å². The molecule has 10 heteroatoms. The van der Waals surface area contributed by atoms with Crippen LogP contribution in [0, 0.1) is 6.92 Å². The summed E-state index contributed by atoms with van der Waals surface area (Å²) in [4.78, 5) is 25.1. The Morgan fingerprint density at radius 3 is 2.85 bits per heavy atom. The highest BCUT2D eigenvalue weighted by Crippen LogP contribution is 2.31. The minimum absolute atomic E-state index is 0.235. The number of hydrogen-bond acceptors (Lipinski definition) is 7. The van der Waals surface area contributed by atoms with Crippen molar-refractivity contribution < 1.29 is 22.7 Å². The van der Waals surface area contributed by atoms with E-state index in [0.717, 1.165) is 22.7 Å². The molecule has 146 valence electrons. The molecule has 0 saturated carbocycles. The number of hydrogen-bond donors (Lipinski definition) is 1. The number of carbonyl (C=O) groups is 2. The molecule has 0 aromatic carbocycles. The fourth-order valence-corrected chi connectivity index (χ4v) is 6.71. The van der Waals surface area contributed by atoms with E-state index in [0.29, 0.717) is 34.8 Å². The van der Waals surface area contributed by atoms with Crippen molar-refractivity contribution in [2.75, 3.05) is 18.5 Å². The first-order valence-electron chi connectivity index (χ1n) is 8.48. The zero-order chi connectivity index (χ0) is 19.6. The number of esters is 1. The number of thiophene rings is 2. The zero-order valence-electron chi connectivity index (χ0n) is 14.9. The summed E-state index contributed by atoms with van der Waals surface area (Å²) in [5.41, 5.74) is 0.711. The van der Waals surface area contributed by atoms with Crippen LogP contribution in [0.2, 0.25) is 0 Å². The van der Waals surface area contributed by atoms with E-state index in [9.17, 15) is 18.0 Å². The third-order valence-electron chi connectivity index (χ3n) is 4.19. The average Bonchev–Trinajstić information content (AvgIpc) is 3.36. The maximum Gasteiger partial charge on any atom is 0.348 e. The van der Waals surface area contributed by atoms with Gasteiger partial charge in [-0.1, -0.05) is 6.07 Å². The molecule has 7 nitrogen and oxygen atoms in total. The number of carbonyl (C=O) groups excluding carboxylic acids is 2. The standard InChI is InChI=1S/C17H20N2O5S3/c1-3-24-17(21)15-11(2)10-13(26-15)18-16(20)12-6-4-8-19(12)27(22,23)14-7-5-9-25-14/h5,7,9-10,12H,3-4,6,8H2,1-2H3,(H,18,20). The van der Waals surface area contributed by atoms with Crippen molar-refractivity contribution in [1.82, 2.24) is 4.31 Å². The van der Waals surface area contributed by atoms with Gasteiger partial charge in [0.25, 0.3) is 10.0 Å². The lowest BCUT2D eigenvalue weighted by Gasteiger charge is -2.22. The van der Waals surface area contributed by atoms with Gasteiger partial charge in [-0.25, -0.2) is 13.2 Å². The van der Waals surface area contributed by atoms with E-state index in [2.05, 4.69) is 5.32 Å². The largest absolute Gasteiger partial charge is 0.462 e. The molecule has 1 saturated heterocycles. The number of aryl methyl sites for hydroxylation is 1. The zero-order valence-corrected chi connectivity index (χ0v) is 17.4. The fraction of sp³-hybridized carbons (Fsp3) is 0.412. The predicted octanol–water partition coefficient (Wildman–Crippen LogP) is 3.09. The van der Waals surface area contributed by atoms with Crippen LogP contribution in [0.15, 0.2) is 27.8 Å². The molecule has 1 atom stereocenters. The molecule has 2 aromatic heterocycles. The molecule has 27 heavy (non-hydrogen) atoms. The van der Waals surface area contributed by atoms with Crippen molar-refractivity contribution in [1.29, 1.82) is 0 Å². The molecule has 3 rings (SSSR count). The molecule has 1 N–H and O–H groups in total. The summed E-state index contributed by atoms with van der Waals surface area (Å²) in [6, 6.07) is 4.16. The van der Waals surface area contributed by atoms with E-state index in [1.165, 1.54) is 4.31 Å². The lowest BCUT2D eigenvalue weighted by Crippen LogP contribution is -2.42. The first-order valence-corrected chi connectivity index (χ1v) is 11.6. The van der Waals surface area contributed by atoms with Crippen LogP contribution in [0.3, 0.4) is 0 Å². The van der Waals surface area contributed by atoms with Crippen molar-refractivity contribution in [3.8, 4) is 0 Å². The molecule has 0 bridgehead atoms. The van der Waals surface area contributed by atoms with Gasteiger partial charge in [0.1, 0.15) is 15.1 Å². The van der Waals surface area contributed by atoms with E-state index in [1.54, 1.807) is 37.4 Å². The highest BCUT2D eigenvalue weighted by Gasteiger charge is 2.40. The minimum Gasteiger partial charge on any atom is -0.462 e. The van der Waals surface area contributed by atoms with Crippen LogP contribution in [0.1, 0.15) is 35.0 Å². The van der Waals surface area contributed by atoms with Gasteiger partial charge < -0.3 is 10.1 Å². The maximum atomic E-state index is 12.8. The van der Waals surface area contributed by atoms with Crippen molar-refractivity contribution in [2.45, 2.75) is 36.9 Å². The number of nitrogens with zero attached hydrogens (tertiary/aromatic N) is 1. The third-order valence-corrected chi connectivity index (χ3v) is 8.60. The van der Waals surface area contributed by atoms with Gasteiger partial charge in [0, 0.05) is 6.54 Å². The van der Waals surface area contributed by atoms with E-state index < -0.39 is 22.0 Å². The monoisotopic (exact) mass is 428 g/mol. The van der Waals surface area contributed by atoms with Crippen LogP contribution in [-0.2, 0) is 19.6 Å². The summed E-state index contributed by atoms with van der Waals surface area (Å²) in [5, 5.41) is 4.96. The van der Waals surface area contributed by atoms with Crippen LogP contribution in [0.5, 0.6) is 0 Å². The Kier molecular flexibility index (Phi) is 5.99. The van der Waals surface area contributed by atoms with Crippen LogP contribution in [-0.4, -0.2) is 43.8 Å². The summed E-state index contributed by atoms with van der Waals surface area (Å²) in [6.45, 7) is 4.08. The summed E-state index contributed by atoms with van der Waals surface area (Å²) in [5.74, 6) is -0.812. The molecule has 0 radical (unpaired) electrons. The molecular formula is C17H20N2O5S3. The van der Waals surface area contributed by atoms with Crippen molar-refractivity contribution >= 4 is 49.6 Å². The van der Waals surface area contributed by atoms with Gasteiger partial charge in [0.2, 0.25) is 5.91 Å². The molecule has 1 amide bonds. The van der Waals surface area contributed by atoms with Crippen LogP contribution in [0.25, 0.3) is 0 Å². The lowest BCUT2D eigenvalue weighted by molar-refractivity contribution is -0.119. The topological polar surface area (TPSA) is 92.8 Å². The Hall–Kier alpha value is -1.75. The second-order valence-corrected chi connectivity index (χ2v) is 10.2. The molecule has 1 aliphatic rings. The number of amides is 1. The van der Waals surface area contributed by atoms with Crippen molar-refractivity contribution in [3.05, 3.63) is 34.0 Å². The predicted molar refractivity (Wildman–Crippen MR) is 105 cm³/mol. The molecule has 1 fully saturated rings. The summed E-state index contributed by atoms with van der Waals surface area (Å²) < 4.78 is 32.1. The number of nitrogens with one attached hydrogen (secondary N) is 1. The highest BCUT2D eigenvalue weighted by atomic mass is 32.2. The van der Waals surface area contributed by atoms with Gasteiger partial charge in [-0.05, 0) is 49.8 Å². The van der Waals surface area contributed by atoms with Crippen LogP contribution < -0.4 is 5.32 Å². The molecule has 0 spiro atoms. The van der Waals surface area contributed by atoms with Gasteiger partial charge in [0.05, 0.1) is 11.6 Å². The highest BCUT2D eigenvalue weighted by molar-refractivity contribution is 7.91. The van der Waals surface area contributed by atoms with E-state index in [4.69, 9.17) is 4.74 Å². The summed E-state index contributed by atoms with van der Waals surface area (Å²) >= 11 is 2.27. The lowest BCUT2D eigenvalue weighted by atomic mass is 10.2. The Morgan fingerprint density at radius 1 is 1.41 bits per heavy atom. The first kappa shape index (κ1) is 20.0. The maximum absolute atomic E-state index is 12.8. The van der Waals surface area contributed by atoms with Crippen LogP contribution >= 0.6 is 22.7 Å². The number of rotatable bonds is 6. The Bertz CT molecular complexity index is 934. The van der Waals surface area contributed by atoms with Gasteiger partial charge in [-0.15, -0.1) is 22.7 Å². The molecule has 1 aliphatic heterocycles. The molecule has 2 aromatic rings. The van der Waals surface area contributed by atoms with Crippen LogP contribution in [0.4, 0.5) is 5.00 Å². The Morgan fingerprint density at radius 2 is 2.19 bits per heavy atom. The first-order chi connectivity index (χ1) is 12.8. The van der Waals surface area contributed by atoms with E-state index in [1.807, 2.05) is 0 Å². The quantitative estimate of drug-likeness (QED) is 0.714. The van der Waals surface area contributed by atoms with Gasteiger partial charge in [0.15, 0.2) is 0 Å². The van der Waals surface area contributed by atoms with Crippen molar-refractivity contribution in [3.63, 3.8) is 0 Å². The van der Waals surface area contributed by atoms with Gasteiger partial charge in [-0.3, -0.25) is 4.79 Å². The fourth-order valence-electron chi connectivity index (χ4n) is 2.96. The number of ether oxygens (including phenoxy) is 1. The van der Waals surface area contributed by atoms with Gasteiger partial charge in [-0.2, -0.15) is 4.31 Å². The molecular weight excluding hydrogens is 408 g/mol. The summed E-state index contributed by atoms with van der Waals surface area (Å²) in [6.07, 6.45) is 1.09. The number of anilines is 1. The Labute approximate surface area is 166 Å². The second-order valence-electron chi connectivity index (χ2n) is 6.04. The number of sulfonamides is 1. The summed E-state index contributed by atoms with van der Waals surface area (Å²) in [7, 11) is -3.69.